The molecule has 5 heteroatoms. The summed E-state index contributed by atoms with van der Waals surface area (Å²) in [5, 5.41) is 7.64. The van der Waals surface area contributed by atoms with Gasteiger partial charge in [0.15, 0.2) is 0 Å². The number of hydrogen-bond donors (Lipinski definition) is 1. The van der Waals surface area contributed by atoms with Gasteiger partial charge in [-0.05, 0) is 44.4 Å². The van der Waals surface area contributed by atoms with Crippen molar-refractivity contribution in [2.75, 3.05) is 11.2 Å². The summed E-state index contributed by atoms with van der Waals surface area (Å²) in [6, 6.07) is 8.76. The second-order valence-electron chi connectivity index (χ2n) is 5.06. The first-order chi connectivity index (χ1) is 9.70. The Hall–Kier alpha value is -1.55. The summed E-state index contributed by atoms with van der Waals surface area (Å²) in [5.41, 5.74) is 2.41. The molecule has 1 aromatic heterocycles. The van der Waals surface area contributed by atoms with Crippen LogP contribution in [0.25, 0.3) is 0 Å². The van der Waals surface area contributed by atoms with E-state index in [2.05, 4.69) is 53.5 Å². The van der Waals surface area contributed by atoms with E-state index in [9.17, 15) is 0 Å². The molecule has 0 aliphatic rings. The third-order valence-corrected chi connectivity index (χ3v) is 3.38. The third-order valence-electron chi connectivity index (χ3n) is 3.11. The molecule has 0 saturated carbocycles. The molecule has 0 saturated heterocycles. The molecule has 0 bridgehead atoms. The number of benzene rings is 1. The highest BCUT2D eigenvalue weighted by Gasteiger charge is 2.07. The van der Waals surface area contributed by atoms with Gasteiger partial charge < -0.3 is 5.32 Å². The molecule has 0 radical (unpaired) electrons. The number of halogens is 1. The van der Waals surface area contributed by atoms with Gasteiger partial charge in [-0.3, -0.25) is 0 Å². The Kier molecular flexibility index (Phi) is 5.41. The van der Waals surface area contributed by atoms with Crippen molar-refractivity contribution >= 4 is 17.3 Å². The largest absolute Gasteiger partial charge is 0.378 e. The molecule has 4 nitrogen and oxygen atoms in total. The van der Waals surface area contributed by atoms with Crippen molar-refractivity contribution in [2.24, 2.45) is 0 Å². The van der Waals surface area contributed by atoms with Crippen LogP contribution in [0.1, 0.15) is 37.7 Å². The van der Waals surface area contributed by atoms with Gasteiger partial charge in [0, 0.05) is 17.6 Å². The Balaban J connectivity index is 1.98. The number of rotatable bonds is 7. The summed E-state index contributed by atoms with van der Waals surface area (Å²) in [6.45, 7) is 4.88. The van der Waals surface area contributed by atoms with Gasteiger partial charge in [-0.2, -0.15) is 5.10 Å². The Morgan fingerprint density at radius 3 is 2.95 bits per heavy atom. The second-order valence-corrected chi connectivity index (χ2v) is 5.44. The second kappa shape index (κ2) is 7.29. The summed E-state index contributed by atoms with van der Waals surface area (Å²) < 4.78 is 1.93. The maximum absolute atomic E-state index is 5.73. The van der Waals surface area contributed by atoms with Crippen molar-refractivity contribution < 1.29 is 0 Å². The molecule has 0 unspecified atom stereocenters. The minimum Gasteiger partial charge on any atom is -0.378 e. The van der Waals surface area contributed by atoms with Gasteiger partial charge in [0.2, 0.25) is 0 Å². The lowest BCUT2D eigenvalue weighted by Crippen LogP contribution is -2.12. The average molecular weight is 293 g/mol. The molecule has 2 aromatic rings. The number of aromatic nitrogens is 3. The molecule has 0 atom stereocenters. The first kappa shape index (κ1) is 14.9. The maximum Gasteiger partial charge on any atom is 0.146 e. The SMILES string of the molecule is CC(C)n1ncnc1CNc1cccc(CCCCl)c1. The zero-order valence-electron chi connectivity index (χ0n) is 12.0. The van der Waals surface area contributed by atoms with E-state index in [0.29, 0.717) is 18.5 Å². The van der Waals surface area contributed by atoms with E-state index in [1.807, 2.05) is 4.68 Å². The summed E-state index contributed by atoms with van der Waals surface area (Å²) in [6.07, 6.45) is 3.63. The first-order valence-electron chi connectivity index (χ1n) is 6.98. The van der Waals surface area contributed by atoms with Gasteiger partial charge in [-0.15, -0.1) is 11.6 Å². The van der Waals surface area contributed by atoms with Crippen molar-refractivity contribution in [3.63, 3.8) is 0 Å². The van der Waals surface area contributed by atoms with Crippen LogP contribution in [0.5, 0.6) is 0 Å². The number of nitrogens with one attached hydrogen (secondary N) is 1. The van der Waals surface area contributed by atoms with Crippen LogP contribution in [0.3, 0.4) is 0 Å². The van der Waals surface area contributed by atoms with Crippen LogP contribution in [0.15, 0.2) is 30.6 Å². The molecular formula is C15H21ClN4. The molecule has 1 aromatic carbocycles. The number of aryl methyl sites for hydroxylation is 1. The molecule has 0 amide bonds. The van der Waals surface area contributed by atoms with Gasteiger partial charge in [0.1, 0.15) is 12.2 Å². The first-order valence-corrected chi connectivity index (χ1v) is 7.51. The molecule has 0 aliphatic heterocycles. The van der Waals surface area contributed by atoms with E-state index in [1.54, 1.807) is 6.33 Å². The molecule has 0 spiro atoms. The molecule has 20 heavy (non-hydrogen) atoms. The summed E-state index contributed by atoms with van der Waals surface area (Å²) in [7, 11) is 0. The molecule has 2 rings (SSSR count). The van der Waals surface area contributed by atoms with E-state index in [4.69, 9.17) is 11.6 Å². The van der Waals surface area contributed by atoms with E-state index in [1.165, 1.54) is 5.56 Å². The minimum absolute atomic E-state index is 0.323. The molecule has 1 heterocycles. The van der Waals surface area contributed by atoms with Crippen molar-refractivity contribution in [3.05, 3.63) is 42.0 Å². The van der Waals surface area contributed by atoms with Crippen LogP contribution in [0.4, 0.5) is 5.69 Å². The number of alkyl halides is 1. The average Bonchev–Trinajstić information content (AvgIpc) is 2.92. The van der Waals surface area contributed by atoms with Crippen LogP contribution in [0, 0.1) is 0 Å². The predicted octanol–water partition coefficient (Wildman–Crippen LogP) is 3.64. The molecular weight excluding hydrogens is 272 g/mol. The van der Waals surface area contributed by atoms with Crippen LogP contribution in [0.2, 0.25) is 0 Å². The van der Waals surface area contributed by atoms with Crippen LogP contribution < -0.4 is 5.32 Å². The van der Waals surface area contributed by atoms with Crippen LogP contribution in [-0.4, -0.2) is 20.6 Å². The third kappa shape index (κ3) is 3.97. The monoisotopic (exact) mass is 292 g/mol. The van der Waals surface area contributed by atoms with Crippen molar-refractivity contribution in [2.45, 2.75) is 39.3 Å². The smallest absolute Gasteiger partial charge is 0.146 e. The summed E-state index contributed by atoms with van der Waals surface area (Å²) in [5.74, 6) is 1.65. The Morgan fingerprint density at radius 2 is 2.20 bits per heavy atom. The van der Waals surface area contributed by atoms with E-state index in [-0.39, 0.29) is 0 Å². The quantitative estimate of drug-likeness (QED) is 0.792. The minimum atomic E-state index is 0.323. The fourth-order valence-corrected chi connectivity index (χ4v) is 2.25. The standard InChI is InChI=1S/C15H21ClN4/c1-12(2)20-15(18-11-19-20)10-17-14-7-3-5-13(9-14)6-4-8-16/h3,5,7,9,11-12,17H,4,6,8,10H2,1-2H3. The zero-order chi connectivity index (χ0) is 14.4. The highest BCUT2D eigenvalue weighted by molar-refractivity contribution is 6.17. The van der Waals surface area contributed by atoms with Crippen molar-refractivity contribution in [1.29, 1.82) is 0 Å². The number of nitrogens with zero attached hydrogens (tertiary/aromatic N) is 3. The fraction of sp³-hybridized carbons (Fsp3) is 0.467. The lowest BCUT2D eigenvalue weighted by atomic mass is 10.1. The van der Waals surface area contributed by atoms with E-state index < -0.39 is 0 Å². The van der Waals surface area contributed by atoms with Crippen molar-refractivity contribution in [3.8, 4) is 0 Å². The maximum atomic E-state index is 5.73. The Labute approximate surface area is 125 Å². The van der Waals surface area contributed by atoms with Crippen LogP contribution >= 0.6 is 11.6 Å². The lowest BCUT2D eigenvalue weighted by molar-refractivity contribution is 0.509. The van der Waals surface area contributed by atoms with Gasteiger partial charge in [0.05, 0.1) is 6.54 Å². The topological polar surface area (TPSA) is 42.7 Å². The normalized spacial score (nSPS) is 11.0. The van der Waals surface area contributed by atoms with Gasteiger partial charge >= 0.3 is 0 Å². The lowest BCUT2D eigenvalue weighted by Gasteiger charge is -2.11. The van der Waals surface area contributed by atoms with E-state index in [0.717, 1.165) is 24.4 Å². The zero-order valence-corrected chi connectivity index (χ0v) is 12.8. The van der Waals surface area contributed by atoms with Crippen LogP contribution in [-0.2, 0) is 13.0 Å². The highest BCUT2D eigenvalue weighted by Crippen LogP contribution is 2.14. The van der Waals surface area contributed by atoms with E-state index >= 15 is 0 Å². The van der Waals surface area contributed by atoms with Gasteiger partial charge in [-0.25, -0.2) is 9.67 Å². The molecule has 1 N–H and O–H groups in total. The summed E-state index contributed by atoms with van der Waals surface area (Å²) in [4.78, 5) is 4.30. The predicted molar refractivity (Wildman–Crippen MR) is 83.2 cm³/mol. The summed E-state index contributed by atoms with van der Waals surface area (Å²) >= 11 is 5.73. The highest BCUT2D eigenvalue weighted by atomic mass is 35.5. The number of anilines is 1. The number of hydrogen-bond acceptors (Lipinski definition) is 3. The van der Waals surface area contributed by atoms with Gasteiger partial charge in [0.25, 0.3) is 0 Å². The Morgan fingerprint density at radius 1 is 1.35 bits per heavy atom. The molecule has 108 valence electrons. The fourth-order valence-electron chi connectivity index (χ4n) is 2.12. The van der Waals surface area contributed by atoms with Crippen molar-refractivity contribution in [1.82, 2.24) is 14.8 Å². The molecule has 0 aliphatic carbocycles. The Bertz CT molecular complexity index is 536. The molecule has 0 fully saturated rings. The van der Waals surface area contributed by atoms with Gasteiger partial charge in [-0.1, -0.05) is 12.1 Å².